The Labute approximate surface area is 127 Å². The zero-order chi connectivity index (χ0) is 14.3. The third-order valence-corrected chi connectivity index (χ3v) is 5.71. The average molecular weight is 305 g/mol. The first-order valence-electron chi connectivity index (χ1n) is 7.54. The van der Waals surface area contributed by atoms with Crippen LogP contribution in [0.3, 0.4) is 0 Å². The number of anilines is 1. The Kier molecular flexibility index (Phi) is 3.32. The second-order valence-electron chi connectivity index (χ2n) is 5.95. The van der Waals surface area contributed by atoms with Gasteiger partial charge in [0.1, 0.15) is 17.0 Å². The fraction of sp³-hybridized carbons (Fsp3) is 0.600. The van der Waals surface area contributed by atoms with Crippen LogP contribution in [0.4, 0.5) is 5.82 Å². The second kappa shape index (κ2) is 5.19. The van der Waals surface area contributed by atoms with Crippen LogP contribution in [0.25, 0.3) is 10.2 Å². The van der Waals surface area contributed by atoms with Gasteiger partial charge in [-0.3, -0.25) is 0 Å². The molecule has 0 bridgehead atoms. The van der Waals surface area contributed by atoms with E-state index < -0.39 is 5.60 Å². The Hall–Kier alpha value is -1.24. The minimum atomic E-state index is -0.686. The molecule has 21 heavy (non-hydrogen) atoms. The van der Waals surface area contributed by atoms with Gasteiger partial charge in [-0.1, -0.05) is 0 Å². The summed E-state index contributed by atoms with van der Waals surface area (Å²) in [6.45, 7) is 1.78. The van der Waals surface area contributed by atoms with Crippen molar-refractivity contribution in [3.63, 3.8) is 0 Å². The molecule has 0 saturated carbocycles. The van der Waals surface area contributed by atoms with Crippen LogP contribution in [0.1, 0.15) is 29.7 Å². The number of nitrogens with zero attached hydrogens (tertiary/aromatic N) is 2. The zero-order valence-corrected chi connectivity index (χ0v) is 12.7. The molecule has 0 unspecified atom stereocenters. The molecule has 1 aliphatic heterocycles. The Balaban J connectivity index is 1.61. The molecule has 0 spiro atoms. The van der Waals surface area contributed by atoms with E-state index in [2.05, 4.69) is 15.3 Å². The SMILES string of the molecule is OC1(CNc2ncnc3sc4c(c23)CCC4)CCOCC1. The zero-order valence-electron chi connectivity index (χ0n) is 11.9. The number of fused-ring (bicyclic) bond motifs is 3. The standard InChI is InChI=1S/C15H19N3O2S/c19-15(4-6-20-7-5-15)8-16-13-12-10-2-1-3-11(10)21-14(12)18-9-17-13/h9,19H,1-8H2,(H,16,17,18). The van der Waals surface area contributed by atoms with E-state index in [1.807, 2.05) is 0 Å². The maximum absolute atomic E-state index is 10.6. The third-order valence-electron chi connectivity index (χ3n) is 4.51. The van der Waals surface area contributed by atoms with E-state index >= 15 is 0 Å². The molecule has 2 aromatic heterocycles. The molecule has 2 aromatic rings. The lowest BCUT2D eigenvalue weighted by atomic mass is 9.94. The molecule has 0 amide bonds. The summed E-state index contributed by atoms with van der Waals surface area (Å²) in [4.78, 5) is 11.3. The van der Waals surface area contributed by atoms with Crippen molar-refractivity contribution >= 4 is 27.4 Å². The van der Waals surface area contributed by atoms with Gasteiger partial charge in [-0.05, 0) is 24.8 Å². The van der Waals surface area contributed by atoms with Crippen LogP contribution in [0.5, 0.6) is 0 Å². The Bertz CT molecular complexity index is 664. The predicted octanol–water partition coefficient (Wildman–Crippen LogP) is 2.13. The Morgan fingerprint density at radius 2 is 2.14 bits per heavy atom. The highest BCUT2D eigenvalue weighted by Gasteiger charge is 2.30. The molecule has 0 aromatic carbocycles. The van der Waals surface area contributed by atoms with Gasteiger partial charge in [0.15, 0.2) is 0 Å². The molecule has 5 nitrogen and oxygen atoms in total. The number of nitrogens with one attached hydrogen (secondary N) is 1. The molecule has 6 heteroatoms. The van der Waals surface area contributed by atoms with Crippen LogP contribution >= 0.6 is 11.3 Å². The van der Waals surface area contributed by atoms with Crippen molar-refractivity contribution in [3.05, 3.63) is 16.8 Å². The number of rotatable bonds is 3. The van der Waals surface area contributed by atoms with Crippen LogP contribution in [0.15, 0.2) is 6.33 Å². The van der Waals surface area contributed by atoms with Crippen molar-refractivity contribution < 1.29 is 9.84 Å². The van der Waals surface area contributed by atoms with Crippen LogP contribution in [0, 0.1) is 0 Å². The first kappa shape index (κ1) is 13.4. The molecule has 0 radical (unpaired) electrons. The van der Waals surface area contributed by atoms with Crippen LogP contribution in [-0.4, -0.2) is 40.4 Å². The van der Waals surface area contributed by atoms with Gasteiger partial charge < -0.3 is 15.2 Å². The average Bonchev–Trinajstić information content (AvgIpc) is 3.06. The van der Waals surface area contributed by atoms with E-state index in [0.717, 1.165) is 23.5 Å². The van der Waals surface area contributed by atoms with Crippen LogP contribution < -0.4 is 5.32 Å². The normalized spacial score (nSPS) is 20.6. The number of aromatic nitrogens is 2. The summed E-state index contributed by atoms with van der Waals surface area (Å²) < 4.78 is 5.32. The van der Waals surface area contributed by atoms with Crippen molar-refractivity contribution in [2.45, 2.75) is 37.7 Å². The minimum Gasteiger partial charge on any atom is -0.388 e. The maximum atomic E-state index is 10.6. The lowest BCUT2D eigenvalue weighted by Crippen LogP contribution is -2.42. The first-order chi connectivity index (χ1) is 10.3. The molecular formula is C15H19N3O2S. The highest BCUT2D eigenvalue weighted by atomic mass is 32.1. The number of thiophene rings is 1. The molecule has 1 aliphatic carbocycles. The highest BCUT2D eigenvalue weighted by Crippen LogP contribution is 2.39. The fourth-order valence-corrected chi connectivity index (χ4v) is 4.47. The number of hydrogen-bond acceptors (Lipinski definition) is 6. The smallest absolute Gasteiger partial charge is 0.138 e. The third kappa shape index (κ3) is 2.41. The lowest BCUT2D eigenvalue weighted by molar-refractivity contribution is -0.0543. The predicted molar refractivity (Wildman–Crippen MR) is 82.9 cm³/mol. The van der Waals surface area contributed by atoms with Gasteiger partial charge in [-0.25, -0.2) is 9.97 Å². The number of aryl methyl sites for hydroxylation is 2. The summed E-state index contributed by atoms with van der Waals surface area (Å²) in [5.74, 6) is 0.874. The summed E-state index contributed by atoms with van der Waals surface area (Å²) in [6.07, 6.45) is 6.48. The maximum Gasteiger partial charge on any atom is 0.138 e. The molecule has 2 aliphatic rings. The quantitative estimate of drug-likeness (QED) is 0.909. The van der Waals surface area contributed by atoms with E-state index in [4.69, 9.17) is 4.74 Å². The molecule has 1 saturated heterocycles. The first-order valence-corrected chi connectivity index (χ1v) is 8.36. The Morgan fingerprint density at radius 1 is 1.29 bits per heavy atom. The van der Waals surface area contributed by atoms with E-state index in [0.29, 0.717) is 32.6 Å². The number of ether oxygens (including phenoxy) is 1. The van der Waals surface area contributed by atoms with Crippen LogP contribution in [0.2, 0.25) is 0 Å². The number of hydrogen-bond donors (Lipinski definition) is 2. The summed E-state index contributed by atoms with van der Waals surface area (Å²) >= 11 is 1.79. The second-order valence-corrected chi connectivity index (χ2v) is 7.03. The fourth-order valence-electron chi connectivity index (χ4n) is 3.24. The van der Waals surface area contributed by atoms with E-state index in [-0.39, 0.29) is 0 Å². The molecule has 0 atom stereocenters. The van der Waals surface area contributed by atoms with E-state index in [1.54, 1.807) is 17.7 Å². The Morgan fingerprint density at radius 3 is 3.00 bits per heavy atom. The van der Waals surface area contributed by atoms with Gasteiger partial charge in [-0.15, -0.1) is 11.3 Å². The minimum absolute atomic E-state index is 0.521. The molecule has 3 heterocycles. The summed E-state index contributed by atoms with van der Waals surface area (Å²) in [6, 6.07) is 0. The highest BCUT2D eigenvalue weighted by molar-refractivity contribution is 7.19. The van der Waals surface area contributed by atoms with Gasteiger partial charge >= 0.3 is 0 Å². The molecular weight excluding hydrogens is 286 g/mol. The van der Waals surface area contributed by atoms with Crippen LogP contribution in [-0.2, 0) is 17.6 Å². The molecule has 4 rings (SSSR count). The van der Waals surface area contributed by atoms with E-state index in [1.165, 1.54) is 22.2 Å². The molecule has 2 N–H and O–H groups in total. The van der Waals surface area contributed by atoms with Crippen molar-refractivity contribution in [1.82, 2.24) is 9.97 Å². The van der Waals surface area contributed by atoms with Crippen molar-refractivity contribution in [2.24, 2.45) is 0 Å². The summed E-state index contributed by atoms with van der Waals surface area (Å²) in [7, 11) is 0. The topological polar surface area (TPSA) is 67.3 Å². The van der Waals surface area contributed by atoms with Gasteiger partial charge in [-0.2, -0.15) is 0 Å². The monoisotopic (exact) mass is 305 g/mol. The van der Waals surface area contributed by atoms with Gasteiger partial charge in [0, 0.05) is 37.5 Å². The molecule has 1 fully saturated rings. The molecule has 112 valence electrons. The van der Waals surface area contributed by atoms with E-state index in [9.17, 15) is 5.11 Å². The van der Waals surface area contributed by atoms with Gasteiger partial charge in [0.25, 0.3) is 0 Å². The lowest BCUT2D eigenvalue weighted by Gasteiger charge is -2.32. The largest absolute Gasteiger partial charge is 0.388 e. The summed E-state index contributed by atoms with van der Waals surface area (Å²) in [5.41, 5.74) is 0.728. The van der Waals surface area contributed by atoms with Crippen molar-refractivity contribution in [1.29, 1.82) is 0 Å². The van der Waals surface area contributed by atoms with Gasteiger partial charge in [0.05, 0.1) is 11.0 Å². The van der Waals surface area contributed by atoms with Crippen molar-refractivity contribution in [2.75, 3.05) is 25.1 Å². The van der Waals surface area contributed by atoms with Gasteiger partial charge in [0.2, 0.25) is 0 Å². The summed E-state index contributed by atoms with van der Waals surface area (Å²) in [5, 5.41) is 15.1. The number of aliphatic hydroxyl groups is 1. The van der Waals surface area contributed by atoms with Crippen molar-refractivity contribution in [3.8, 4) is 0 Å².